The van der Waals surface area contributed by atoms with Crippen LogP contribution in [0.1, 0.15) is 11.1 Å². The number of anilines is 1. The molecule has 124 valence electrons. The Kier molecular flexibility index (Phi) is 3.88. The van der Waals surface area contributed by atoms with E-state index in [0.717, 1.165) is 12.1 Å². The maximum absolute atomic E-state index is 12.5. The highest BCUT2D eigenvalue weighted by Gasteiger charge is 2.29. The monoisotopic (exact) mass is 335 g/mol. The van der Waals surface area contributed by atoms with E-state index in [-0.39, 0.29) is 18.0 Å². The lowest BCUT2D eigenvalue weighted by Gasteiger charge is -2.08. The average Bonchev–Trinajstić information content (AvgIpc) is 2.86. The zero-order chi connectivity index (χ0) is 17.3. The number of carbonyl (C=O) groups is 1. The summed E-state index contributed by atoms with van der Waals surface area (Å²) in [6.45, 7) is 0. The van der Waals surface area contributed by atoms with Gasteiger partial charge in [-0.2, -0.15) is 13.2 Å². The molecule has 24 heavy (non-hydrogen) atoms. The molecule has 1 heterocycles. The number of alkyl halides is 3. The zero-order valence-corrected chi connectivity index (χ0v) is 12.2. The van der Waals surface area contributed by atoms with E-state index >= 15 is 0 Å². The molecule has 0 atom stereocenters. The van der Waals surface area contributed by atoms with E-state index in [4.69, 9.17) is 0 Å². The number of aromatic amines is 2. The Hall–Kier alpha value is -3.03. The molecule has 0 saturated heterocycles. The standard InChI is InChI=1S/C16H12F3N3O2/c17-16(18,19)10-3-1-9(2-4-10)7-14(23)20-11-5-6-12-13(8-11)22-15(24)21-12/h1-6,8H,7H2,(H,20,23)(H2,21,22,24). The molecule has 0 aliphatic carbocycles. The fraction of sp³-hybridized carbons (Fsp3) is 0.125. The Morgan fingerprint density at radius 2 is 1.67 bits per heavy atom. The second kappa shape index (κ2) is 5.88. The van der Waals surface area contributed by atoms with Gasteiger partial charge in [-0.05, 0) is 35.9 Å². The third kappa shape index (κ3) is 3.48. The summed E-state index contributed by atoms with van der Waals surface area (Å²) in [6, 6.07) is 9.29. The summed E-state index contributed by atoms with van der Waals surface area (Å²) >= 11 is 0. The normalized spacial score (nSPS) is 11.6. The summed E-state index contributed by atoms with van der Waals surface area (Å²) in [5, 5.41) is 2.64. The minimum Gasteiger partial charge on any atom is -0.326 e. The van der Waals surface area contributed by atoms with E-state index in [9.17, 15) is 22.8 Å². The minimum atomic E-state index is -4.40. The van der Waals surface area contributed by atoms with Gasteiger partial charge in [0.05, 0.1) is 23.0 Å². The van der Waals surface area contributed by atoms with E-state index in [1.54, 1.807) is 18.2 Å². The van der Waals surface area contributed by atoms with Crippen molar-refractivity contribution in [3.05, 3.63) is 64.1 Å². The van der Waals surface area contributed by atoms with Crippen molar-refractivity contribution in [3.63, 3.8) is 0 Å². The molecule has 0 unspecified atom stereocenters. The lowest BCUT2D eigenvalue weighted by Crippen LogP contribution is -2.14. The van der Waals surface area contributed by atoms with Crippen LogP contribution in [-0.4, -0.2) is 15.9 Å². The number of benzene rings is 2. The molecule has 5 nitrogen and oxygen atoms in total. The van der Waals surface area contributed by atoms with Crippen LogP contribution in [0.25, 0.3) is 11.0 Å². The summed E-state index contributed by atoms with van der Waals surface area (Å²) in [5.41, 5.74) is 1.01. The number of rotatable bonds is 3. The highest BCUT2D eigenvalue weighted by Crippen LogP contribution is 2.29. The molecule has 1 aromatic heterocycles. The highest BCUT2D eigenvalue weighted by molar-refractivity contribution is 5.94. The number of amides is 1. The van der Waals surface area contributed by atoms with Crippen molar-refractivity contribution in [2.24, 2.45) is 0 Å². The van der Waals surface area contributed by atoms with Gasteiger partial charge in [-0.25, -0.2) is 4.79 Å². The van der Waals surface area contributed by atoms with E-state index in [0.29, 0.717) is 22.3 Å². The van der Waals surface area contributed by atoms with Crippen LogP contribution in [0.15, 0.2) is 47.3 Å². The number of carbonyl (C=O) groups excluding carboxylic acids is 1. The lowest BCUT2D eigenvalue weighted by molar-refractivity contribution is -0.137. The smallest absolute Gasteiger partial charge is 0.326 e. The quantitative estimate of drug-likeness (QED) is 0.688. The van der Waals surface area contributed by atoms with Crippen LogP contribution < -0.4 is 11.0 Å². The summed E-state index contributed by atoms with van der Waals surface area (Å²) < 4.78 is 37.5. The van der Waals surface area contributed by atoms with Gasteiger partial charge in [-0.3, -0.25) is 4.79 Å². The number of imidazole rings is 1. The molecule has 3 aromatic rings. The highest BCUT2D eigenvalue weighted by atomic mass is 19.4. The number of fused-ring (bicyclic) bond motifs is 1. The Morgan fingerprint density at radius 1 is 1.00 bits per heavy atom. The van der Waals surface area contributed by atoms with Crippen molar-refractivity contribution in [1.29, 1.82) is 0 Å². The molecule has 0 bridgehead atoms. The molecule has 0 radical (unpaired) electrons. The Morgan fingerprint density at radius 3 is 2.33 bits per heavy atom. The summed E-state index contributed by atoms with van der Waals surface area (Å²) in [6.07, 6.45) is -4.45. The number of nitrogens with one attached hydrogen (secondary N) is 3. The fourth-order valence-electron chi connectivity index (χ4n) is 2.31. The Balaban J connectivity index is 1.69. The summed E-state index contributed by atoms with van der Waals surface area (Å²) in [4.78, 5) is 28.3. The van der Waals surface area contributed by atoms with Gasteiger partial charge in [-0.1, -0.05) is 12.1 Å². The first-order valence-corrected chi connectivity index (χ1v) is 6.99. The lowest BCUT2D eigenvalue weighted by atomic mass is 10.1. The predicted molar refractivity (Wildman–Crippen MR) is 82.7 cm³/mol. The van der Waals surface area contributed by atoms with Gasteiger partial charge in [0, 0.05) is 5.69 Å². The first-order valence-electron chi connectivity index (χ1n) is 6.99. The van der Waals surface area contributed by atoms with Crippen LogP contribution in [0, 0.1) is 0 Å². The van der Waals surface area contributed by atoms with Gasteiger partial charge in [0.15, 0.2) is 0 Å². The van der Waals surface area contributed by atoms with Crippen molar-refractivity contribution in [2.45, 2.75) is 12.6 Å². The number of aromatic nitrogens is 2. The second-order valence-electron chi connectivity index (χ2n) is 5.26. The SMILES string of the molecule is O=C(Cc1ccc(C(F)(F)F)cc1)Nc1ccc2[nH]c(=O)[nH]c2c1. The maximum Gasteiger partial charge on any atom is 0.416 e. The Bertz CT molecular complexity index is 940. The molecule has 2 aromatic carbocycles. The maximum atomic E-state index is 12.5. The molecule has 0 aliphatic rings. The average molecular weight is 335 g/mol. The van der Waals surface area contributed by atoms with Crippen LogP contribution in [0.4, 0.5) is 18.9 Å². The predicted octanol–water partition coefficient (Wildman–Crippen LogP) is 3.06. The van der Waals surface area contributed by atoms with Crippen molar-refractivity contribution in [2.75, 3.05) is 5.32 Å². The van der Waals surface area contributed by atoms with Gasteiger partial charge in [0.25, 0.3) is 0 Å². The third-order valence-electron chi connectivity index (χ3n) is 3.45. The number of hydrogen-bond acceptors (Lipinski definition) is 2. The molecule has 0 fully saturated rings. The minimum absolute atomic E-state index is 0.0557. The van der Waals surface area contributed by atoms with E-state index in [1.807, 2.05) is 0 Å². The van der Waals surface area contributed by atoms with Gasteiger partial charge < -0.3 is 15.3 Å². The van der Waals surface area contributed by atoms with Gasteiger partial charge in [0.1, 0.15) is 0 Å². The van der Waals surface area contributed by atoms with E-state index in [2.05, 4.69) is 15.3 Å². The van der Waals surface area contributed by atoms with Crippen molar-refractivity contribution >= 4 is 22.6 Å². The fourth-order valence-corrected chi connectivity index (χ4v) is 2.31. The molecular weight excluding hydrogens is 323 g/mol. The van der Waals surface area contributed by atoms with E-state index < -0.39 is 11.7 Å². The van der Waals surface area contributed by atoms with Crippen molar-refractivity contribution < 1.29 is 18.0 Å². The molecule has 8 heteroatoms. The van der Waals surface area contributed by atoms with Gasteiger partial charge >= 0.3 is 11.9 Å². The molecule has 3 N–H and O–H groups in total. The molecule has 0 aliphatic heterocycles. The van der Waals surface area contributed by atoms with Crippen molar-refractivity contribution in [1.82, 2.24) is 9.97 Å². The first kappa shape index (κ1) is 15.9. The second-order valence-corrected chi connectivity index (χ2v) is 5.26. The first-order chi connectivity index (χ1) is 11.3. The summed E-state index contributed by atoms with van der Waals surface area (Å²) in [7, 11) is 0. The molecule has 0 saturated carbocycles. The Labute approximate surface area is 133 Å². The largest absolute Gasteiger partial charge is 0.416 e. The molecule has 0 spiro atoms. The molecular formula is C16H12F3N3O2. The number of halogens is 3. The topological polar surface area (TPSA) is 77.8 Å². The molecule has 1 amide bonds. The third-order valence-corrected chi connectivity index (χ3v) is 3.45. The number of H-pyrrole nitrogens is 2. The van der Waals surface area contributed by atoms with Gasteiger partial charge in [-0.15, -0.1) is 0 Å². The van der Waals surface area contributed by atoms with Crippen molar-refractivity contribution in [3.8, 4) is 0 Å². The van der Waals surface area contributed by atoms with Gasteiger partial charge in [0.2, 0.25) is 5.91 Å². The van der Waals surface area contributed by atoms with Crippen LogP contribution in [0.5, 0.6) is 0 Å². The molecule has 3 rings (SSSR count). The van der Waals surface area contributed by atoms with Crippen LogP contribution in [0.3, 0.4) is 0 Å². The zero-order valence-electron chi connectivity index (χ0n) is 12.2. The van der Waals surface area contributed by atoms with Crippen LogP contribution >= 0.6 is 0 Å². The van der Waals surface area contributed by atoms with Crippen LogP contribution in [-0.2, 0) is 17.4 Å². The summed E-state index contributed by atoms with van der Waals surface area (Å²) in [5.74, 6) is -0.369. The number of hydrogen-bond donors (Lipinski definition) is 3. The van der Waals surface area contributed by atoms with Crippen LogP contribution in [0.2, 0.25) is 0 Å². The van der Waals surface area contributed by atoms with E-state index in [1.165, 1.54) is 12.1 Å².